The third-order valence-electron chi connectivity index (χ3n) is 4.64. The van der Waals surface area contributed by atoms with Crippen molar-refractivity contribution < 1.29 is 4.74 Å². The van der Waals surface area contributed by atoms with Crippen LogP contribution in [0.25, 0.3) is 0 Å². The lowest BCUT2D eigenvalue weighted by Gasteiger charge is -2.33. The summed E-state index contributed by atoms with van der Waals surface area (Å²) in [6.45, 7) is 9.47. The van der Waals surface area contributed by atoms with Crippen LogP contribution >= 0.6 is 0 Å². The molecule has 0 amide bonds. The van der Waals surface area contributed by atoms with Crippen molar-refractivity contribution in [1.29, 1.82) is 0 Å². The van der Waals surface area contributed by atoms with Crippen molar-refractivity contribution >= 4 is 5.96 Å². The Balaban J connectivity index is 1.67. The minimum Gasteiger partial charge on any atom is -0.378 e. The predicted octanol–water partition coefficient (Wildman–Crippen LogP) is 3.03. The molecular weight excluding hydrogens is 262 g/mol. The maximum absolute atomic E-state index is 5.90. The minimum absolute atomic E-state index is 0.533. The van der Waals surface area contributed by atoms with Crippen molar-refractivity contribution in [2.75, 3.05) is 32.8 Å². The molecule has 1 heterocycles. The van der Waals surface area contributed by atoms with Gasteiger partial charge in [-0.2, -0.15) is 0 Å². The summed E-state index contributed by atoms with van der Waals surface area (Å²) in [6.07, 6.45) is 9.36. The quantitative estimate of drug-likeness (QED) is 0.465. The second kappa shape index (κ2) is 9.29. The number of nitrogens with one attached hydrogen (secondary N) is 1. The standard InChI is InChI=1S/C17H33N3O/c1-3-18-17(20-12-9-15(2)10-13-20)19-11-6-14-21-16-7-4-5-8-16/h15-16H,3-14H2,1-2H3,(H,18,19). The van der Waals surface area contributed by atoms with Crippen LogP contribution in [0, 0.1) is 5.92 Å². The van der Waals surface area contributed by atoms with Crippen LogP contribution < -0.4 is 5.32 Å². The van der Waals surface area contributed by atoms with Gasteiger partial charge in [-0.25, -0.2) is 0 Å². The molecule has 0 spiro atoms. The molecule has 2 aliphatic rings. The Bertz CT molecular complexity index is 305. The number of guanidine groups is 1. The molecule has 1 saturated heterocycles. The van der Waals surface area contributed by atoms with Crippen molar-refractivity contribution in [3.05, 3.63) is 0 Å². The van der Waals surface area contributed by atoms with E-state index in [1.807, 2.05) is 0 Å². The Hall–Kier alpha value is -0.770. The van der Waals surface area contributed by atoms with E-state index in [9.17, 15) is 0 Å². The van der Waals surface area contributed by atoms with Crippen molar-refractivity contribution in [2.45, 2.75) is 64.9 Å². The van der Waals surface area contributed by atoms with Crippen molar-refractivity contribution in [3.8, 4) is 0 Å². The Kier molecular flexibility index (Phi) is 7.34. The van der Waals surface area contributed by atoms with Gasteiger partial charge in [-0.3, -0.25) is 4.99 Å². The first-order chi connectivity index (χ1) is 10.3. The van der Waals surface area contributed by atoms with Crippen LogP contribution in [0.15, 0.2) is 4.99 Å². The third kappa shape index (κ3) is 5.85. The molecule has 1 aliphatic carbocycles. The molecule has 0 unspecified atom stereocenters. The molecular formula is C17H33N3O. The van der Waals surface area contributed by atoms with E-state index in [4.69, 9.17) is 9.73 Å². The average Bonchev–Trinajstić information content (AvgIpc) is 3.00. The van der Waals surface area contributed by atoms with Crippen LogP contribution in [0.5, 0.6) is 0 Å². The summed E-state index contributed by atoms with van der Waals surface area (Å²) in [5.74, 6) is 1.97. The summed E-state index contributed by atoms with van der Waals surface area (Å²) in [7, 11) is 0. The zero-order valence-electron chi connectivity index (χ0n) is 13.9. The summed E-state index contributed by atoms with van der Waals surface area (Å²) in [4.78, 5) is 7.20. The van der Waals surface area contributed by atoms with Gasteiger partial charge in [-0.1, -0.05) is 19.8 Å². The Morgan fingerprint density at radius 2 is 1.90 bits per heavy atom. The Morgan fingerprint density at radius 3 is 2.57 bits per heavy atom. The fraction of sp³-hybridized carbons (Fsp3) is 0.941. The fourth-order valence-corrected chi connectivity index (χ4v) is 3.20. The van der Waals surface area contributed by atoms with E-state index < -0.39 is 0 Å². The Labute approximate surface area is 130 Å². The van der Waals surface area contributed by atoms with Crippen LogP contribution in [-0.4, -0.2) is 49.7 Å². The van der Waals surface area contributed by atoms with Gasteiger partial charge in [0.2, 0.25) is 0 Å². The lowest BCUT2D eigenvalue weighted by Crippen LogP contribution is -2.45. The van der Waals surface area contributed by atoms with Crippen LogP contribution in [-0.2, 0) is 4.74 Å². The second-order valence-corrected chi connectivity index (χ2v) is 6.54. The van der Waals surface area contributed by atoms with Gasteiger partial charge in [0.25, 0.3) is 0 Å². The monoisotopic (exact) mass is 295 g/mol. The molecule has 4 nitrogen and oxygen atoms in total. The molecule has 2 rings (SSSR count). The average molecular weight is 295 g/mol. The number of hydrogen-bond donors (Lipinski definition) is 1. The molecule has 1 saturated carbocycles. The van der Waals surface area contributed by atoms with Gasteiger partial charge in [0.15, 0.2) is 5.96 Å². The van der Waals surface area contributed by atoms with Gasteiger partial charge in [0.05, 0.1) is 6.10 Å². The lowest BCUT2D eigenvalue weighted by molar-refractivity contribution is 0.0579. The van der Waals surface area contributed by atoms with Gasteiger partial charge in [-0.05, 0) is 44.9 Å². The molecule has 2 fully saturated rings. The van der Waals surface area contributed by atoms with E-state index in [0.717, 1.165) is 51.1 Å². The summed E-state index contributed by atoms with van der Waals surface area (Å²) in [5, 5.41) is 3.43. The normalized spacial score (nSPS) is 22.0. The van der Waals surface area contributed by atoms with E-state index >= 15 is 0 Å². The topological polar surface area (TPSA) is 36.9 Å². The molecule has 0 aromatic rings. The number of likely N-dealkylation sites (tertiary alicyclic amines) is 1. The molecule has 0 bridgehead atoms. The molecule has 122 valence electrons. The zero-order chi connectivity index (χ0) is 14.9. The molecule has 0 aromatic heterocycles. The number of nitrogens with zero attached hydrogens (tertiary/aromatic N) is 2. The van der Waals surface area contributed by atoms with Crippen molar-refractivity contribution in [1.82, 2.24) is 10.2 Å². The van der Waals surface area contributed by atoms with Crippen molar-refractivity contribution in [2.24, 2.45) is 10.9 Å². The van der Waals surface area contributed by atoms with E-state index in [-0.39, 0.29) is 0 Å². The van der Waals surface area contributed by atoms with Crippen molar-refractivity contribution in [3.63, 3.8) is 0 Å². The van der Waals surface area contributed by atoms with Gasteiger partial charge in [0.1, 0.15) is 0 Å². The summed E-state index contributed by atoms with van der Waals surface area (Å²) < 4.78 is 5.90. The first-order valence-corrected chi connectivity index (χ1v) is 8.94. The maximum atomic E-state index is 5.90. The first-order valence-electron chi connectivity index (χ1n) is 8.94. The molecule has 0 atom stereocenters. The highest BCUT2D eigenvalue weighted by Crippen LogP contribution is 2.20. The molecule has 4 heteroatoms. The summed E-state index contributed by atoms with van der Waals surface area (Å²) in [6, 6.07) is 0. The fourth-order valence-electron chi connectivity index (χ4n) is 3.20. The van der Waals surface area contributed by atoms with E-state index in [0.29, 0.717) is 6.10 Å². The number of rotatable bonds is 6. The molecule has 1 N–H and O–H groups in total. The van der Waals surface area contributed by atoms with E-state index in [1.165, 1.54) is 38.5 Å². The number of piperidine rings is 1. The molecule has 0 radical (unpaired) electrons. The van der Waals surface area contributed by atoms with Crippen LogP contribution in [0.1, 0.15) is 58.8 Å². The largest absolute Gasteiger partial charge is 0.378 e. The SMILES string of the molecule is CCNC(=NCCCOC1CCCC1)N1CCC(C)CC1. The van der Waals surface area contributed by atoms with Crippen LogP contribution in [0.2, 0.25) is 0 Å². The molecule has 1 aliphatic heterocycles. The lowest BCUT2D eigenvalue weighted by atomic mass is 10.00. The predicted molar refractivity (Wildman–Crippen MR) is 88.8 cm³/mol. The zero-order valence-corrected chi connectivity index (χ0v) is 13.9. The molecule has 0 aromatic carbocycles. The second-order valence-electron chi connectivity index (χ2n) is 6.54. The van der Waals surface area contributed by atoms with Gasteiger partial charge >= 0.3 is 0 Å². The summed E-state index contributed by atoms with van der Waals surface area (Å²) >= 11 is 0. The number of ether oxygens (including phenoxy) is 1. The van der Waals surface area contributed by atoms with E-state index in [1.54, 1.807) is 0 Å². The summed E-state index contributed by atoms with van der Waals surface area (Å²) in [5.41, 5.74) is 0. The number of hydrogen-bond acceptors (Lipinski definition) is 2. The van der Waals surface area contributed by atoms with Gasteiger partial charge < -0.3 is 15.0 Å². The van der Waals surface area contributed by atoms with Gasteiger partial charge in [0, 0.05) is 32.8 Å². The molecule has 21 heavy (non-hydrogen) atoms. The van der Waals surface area contributed by atoms with Crippen LogP contribution in [0.4, 0.5) is 0 Å². The van der Waals surface area contributed by atoms with Gasteiger partial charge in [-0.15, -0.1) is 0 Å². The maximum Gasteiger partial charge on any atom is 0.193 e. The highest BCUT2D eigenvalue weighted by molar-refractivity contribution is 5.80. The highest BCUT2D eigenvalue weighted by Gasteiger charge is 2.18. The third-order valence-corrected chi connectivity index (χ3v) is 4.64. The number of aliphatic imine (C=N–C) groups is 1. The minimum atomic E-state index is 0.533. The van der Waals surface area contributed by atoms with Crippen LogP contribution in [0.3, 0.4) is 0 Å². The smallest absolute Gasteiger partial charge is 0.193 e. The van der Waals surface area contributed by atoms with E-state index in [2.05, 4.69) is 24.1 Å². The highest BCUT2D eigenvalue weighted by atomic mass is 16.5. The Morgan fingerprint density at radius 1 is 1.19 bits per heavy atom. The first kappa shape index (κ1) is 16.6.